The van der Waals surface area contributed by atoms with Gasteiger partial charge in [-0.2, -0.15) is 5.10 Å². The number of aryl methyl sites for hydroxylation is 1. The van der Waals surface area contributed by atoms with Crippen molar-refractivity contribution in [1.82, 2.24) is 19.9 Å². The molecule has 6 nitrogen and oxygen atoms in total. The topological polar surface area (TPSA) is 87.7 Å². The Balaban J connectivity index is 2.13. The fourth-order valence-electron chi connectivity index (χ4n) is 1.90. The summed E-state index contributed by atoms with van der Waals surface area (Å²) in [5.41, 5.74) is 1.13. The SMILES string of the molecule is CCCc1ccc(S(=O)(=O)NC(C)c2ncn[nH]2)cc1. The molecule has 108 valence electrons. The number of aromatic nitrogens is 3. The zero-order valence-electron chi connectivity index (χ0n) is 11.5. The van der Waals surface area contributed by atoms with Crippen molar-refractivity contribution >= 4 is 10.0 Å². The van der Waals surface area contributed by atoms with Crippen LogP contribution in [0.15, 0.2) is 35.5 Å². The number of nitrogens with one attached hydrogen (secondary N) is 2. The maximum Gasteiger partial charge on any atom is 0.241 e. The summed E-state index contributed by atoms with van der Waals surface area (Å²) in [6, 6.07) is 6.48. The summed E-state index contributed by atoms with van der Waals surface area (Å²) in [4.78, 5) is 4.19. The molecule has 2 aromatic rings. The Kier molecular flexibility index (Phi) is 4.51. The molecule has 1 unspecified atom stereocenters. The number of H-pyrrole nitrogens is 1. The van der Waals surface area contributed by atoms with Crippen molar-refractivity contribution in [3.8, 4) is 0 Å². The molecule has 0 spiro atoms. The number of rotatable bonds is 6. The van der Waals surface area contributed by atoms with Gasteiger partial charge in [-0.1, -0.05) is 25.5 Å². The maximum atomic E-state index is 12.2. The van der Waals surface area contributed by atoms with Crippen molar-refractivity contribution < 1.29 is 8.42 Å². The van der Waals surface area contributed by atoms with E-state index in [1.807, 2.05) is 12.1 Å². The van der Waals surface area contributed by atoms with Crippen molar-refractivity contribution in [2.75, 3.05) is 0 Å². The quantitative estimate of drug-likeness (QED) is 0.850. The summed E-state index contributed by atoms with van der Waals surface area (Å²) in [7, 11) is -3.56. The van der Waals surface area contributed by atoms with E-state index in [9.17, 15) is 8.42 Å². The number of nitrogens with zero attached hydrogens (tertiary/aromatic N) is 2. The van der Waals surface area contributed by atoms with E-state index in [0.717, 1.165) is 18.4 Å². The molecule has 0 saturated carbocycles. The van der Waals surface area contributed by atoms with Crippen LogP contribution in [-0.4, -0.2) is 23.6 Å². The number of benzene rings is 1. The summed E-state index contributed by atoms with van der Waals surface area (Å²) < 4.78 is 27.0. The zero-order chi connectivity index (χ0) is 14.6. The molecule has 1 aromatic heterocycles. The lowest BCUT2D eigenvalue weighted by Crippen LogP contribution is -2.27. The van der Waals surface area contributed by atoms with E-state index in [1.54, 1.807) is 19.1 Å². The summed E-state index contributed by atoms with van der Waals surface area (Å²) in [5.74, 6) is 0.483. The molecule has 0 aliphatic heterocycles. The van der Waals surface area contributed by atoms with Crippen LogP contribution in [0.3, 0.4) is 0 Å². The van der Waals surface area contributed by atoms with E-state index >= 15 is 0 Å². The number of hydrogen-bond acceptors (Lipinski definition) is 4. The summed E-state index contributed by atoms with van der Waals surface area (Å²) in [6.07, 6.45) is 3.33. The molecule has 1 atom stereocenters. The first-order valence-corrected chi connectivity index (χ1v) is 7.98. The van der Waals surface area contributed by atoms with Crippen LogP contribution in [0, 0.1) is 0 Å². The van der Waals surface area contributed by atoms with Crippen LogP contribution in [0.4, 0.5) is 0 Å². The molecule has 0 amide bonds. The van der Waals surface area contributed by atoms with Crippen LogP contribution in [0.5, 0.6) is 0 Å². The summed E-state index contributed by atoms with van der Waals surface area (Å²) in [5, 5.41) is 6.36. The van der Waals surface area contributed by atoms with E-state index in [2.05, 4.69) is 26.8 Å². The predicted molar refractivity (Wildman–Crippen MR) is 75.6 cm³/mol. The Morgan fingerprint density at radius 2 is 2.00 bits per heavy atom. The van der Waals surface area contributed by atoms with Crippen LogP contribution < -0.4 is 4.72 Å². The van der Waals surface area contributed by atoms with Crippen LogP contribution in [0.2, 0.25) is 0 Å². The largest absolute Gasteiger partial charge is 0.262 e. The number of aromatic amines is 1. The molecular weight excluding hydrogens is 276 g/mol. The molecule has 0 aliphatic rings. The van der Waals surface area contributed by atoms with Crippen LogP contribution in [-0.2, 0) is 16.4 Å². The van der Waals surface area contributed by atoms with E-state index < -0.39 is 16.1 Å². The molecule has 0 aliphatic carbocycles. The third kappa shape index (κ3) is 3.43. The highest BCUT2D eigenvalue weighted by molar-refractivity contribution is 7.89. The van der Waals surface area contributed by atoms with Gasteiger partial charge in [0.05, 0.1) is 10.9 Å². The highest BCUT2D eigenvalue weighted by atomic mass is 32.2. The van der Waals surface area contributed by atoms with E-state index in [-0.39, 0.29) is 4.90 Å². The molecule has 1 heterocycles. The Morgan fingerprint density at radius 1 is 1.30 bits per heavy atom. The van der Waals surface area contributed by atoms with Crippen molar-refractivity contribution in [1.29, 1.82) is 0 Å². The highest BCUT2D eigenvalue weighted by Crippen LogP contribution is 2.15. The van der Waals surface area contributed by atoms with Crippen LogP contribution in [0.25, 0.3) is 0 Å². The standard InChI is InChI=1S/C13H18N4O2S/c1-3-4-11-5-7-12(8-6-11)20(18,19)17-10(2)13-14-9-15-16-13/h5-10,17H,3-4H2,1-2H3,(H,14,15,16). The first kappa shape index (κ1) is 14.7. The third-order valence-electron chi connectivity index (χ3n) is 2.95. The minimum absolute atomic E-state index is 0.253. The maximum absolute atomic E-state index is 12.2. The normalized spacial score (nSPS) is 13.3. The van der Waals surface area contributed by atoms with Gasteiger partial charge in [-0.3, -0.25) is 5.10 Å². The molecule has 2 N–H and O–H groups in total. The molecule has 0 bridgehead atoms. The lowest BCUT2D eigenvalue weighted by Gasteiger charge is -2.12. The second-order valence-corrected chi connectivity index (χ2v) is 6.32. The zero-order valence-corrected chi connectivity index (χ0v) is 12.3. The van der Waals surface area contributed by atoms with Gasteiger partial charge in [0.2, 0.25) is 10.0 Å². The van der Waals surface area contributed by atoms with Gasteiger partial charge in [0.25, 0.3) is 0 Å². The second-order valence-electron chi connectivity index (χ2n) is 4.61. The van der Waals surface area contributed by atoms with Crippen molar-refractivity contribution in [3.05, 3.63) is 42.0 Å². The average Bonchev–Trinajstić information content (AvgIpc) is 2.93. The van der Waals surface area contributed by atoms with Gasteiger partial charge in [0, 0.05) is 0 Å². The molecular formula is C13H18N4O2S. The fourth-order valence-corrected chi connectivity index (χ4v) is 3.11. The summed E-state index contributed by atoms with van der Waals surface area (Å²) >= 11 is 0. The monoisotopic (exact) mass is 294 g/mol. The first-order valence-electron chi connectivity index (χ1n) is 6.49. The lowest BCUT2D eigenvalue weighted by molar-refractivity contribution is 0.560. The first-order chi connectivity index (χ1) is 9.53. The number of sulfonamides is 1. The predicted octanol–water partition coefficient (Wildman–Crippen LogP) is 1.80. The lowest BCUT2D eigenvalue weighted by atomic mass is 10.1. The highest BCUT2D eigenvalue weighted by Gasteiger charge is 2.19. The Labute approximate surface area is 118 Å². The molecule has 1 aromatic carbocycles. The fraction of sp³-hybridized carbons (Fsp3) is 0.385. The molecule has 0 fully saturated rings. The molecule has 20 heavy (non-hydrogen) atoms. The van der Waals surface area contributed by atoms with Crippen LogP contribution >= 0.6 is 0 Å². The smallest absolute Gasteiger partial charge is 0.241 e. The molecule has 7 heteroatoms. The van der Waals surface area contributed by atoms with E-state index in [4.69, 9.17) is 0 Å². The Bertz CT molecular complexity index is 636. The Morgan fingerprint density at radius 3 is 2.55 bits per heavy atom. The van der Waals surface area contributed by atoms with Gasteiger partial charge in [0.1, 0.15) is 12.2 Å². The number of hydrogen-bond donors (Lipinski definition) is 2. The minimum atomic E-state index is -3.56. The molecule has 0 radical (unpaired) electrons. The summed E-state index contributed by atoms with van der Waals surface area (Å²) in [6.45, 7) is 3.80. The van der Waals surface area contributed by atoms with Gasteiger partial charge < -0.3 is 0 Å². The van der Waals surface area contributed by atoms with E-state index in [0.29, 0.717) is 5.82 Å². The van der Waals surface area contributed by atoms with Crippen molar-refractivity contribution in [2.45, 2.75) is 37.6 Å². The van der Waals surface area contributed by atoms with Crippen LogP contribution in [0.1, 0.15) is 37.7 Å². The van der Waals surface area contributed by atoms with Gasteiger partial charge >= 0.3 is 0 Å². The van der Waals surface area contributed by atoms with Gasteiger partial charge in [0.15, 0.2) is 0 Å². The van der Waals surface area contributed by atoms with Gasteiger partial charge in [-0.15, -0.1) is 0 Å². The van der Waals surface area contributed by atoms with E-state index in [1.165, 1.54) is 6.33 Å². The minimum Gasteiger partial charge on any atom is -0.262 e. The average molecular weight is 294 g/mol. The van der Waals surface area contributed by atoms with Crippen molar-refractivity contribution in [2.24, 2.45) is 0 Å². The second kappa shape index (κ2) is 6.15. The Hall–Kier alpha value is -1.73. The molecule has 2 rings (SSSR count). The van der Waals surface area contributed by atoms with Gasteiger partial charge in [-0.25, -0.2) is 18.1 Å². The van der Waals surface area contributed by atoms with Gasteiger partial charge in [-0.05, 0) is 31.0 Å². The van der Waals surface area contributed by atoms with Crippen molar-refractivity contribution in [3.63, 3.8) is 0 Å². The third-order valence-corrected chi connectivity index (χ3v) is 4.50. The molecule has 0 saturated heterocycles.